The fourth-order valence-corrected chi connectivity index (χ4v) is 3.04. The summed E-state index contributed by atoms with van der Waals surface area (Å²) in [5.41, 5.74) is -0.838. The summed E-state index contributed by atoms with van der Waals surface area (Å²) in [7, 11) is 0. The molecule has 2 rings (SSSR count). The summed E-state index contributed by atoms with van der Waals surface area (Å²) in [6, 6.07) is 10.3. The van der Waals surface area contributed by atoms with Crippen molar-refractivity contribution in [3.05, 3.63) is 64.2 Å². The topological polar surface area (TPSA) is 81.5 Å². The number of benzene rings is 2. The predicted molar refractivity (Wildman–Crippen MR) is 98.4 cm³/mol. The Morgan fingerprint density at radius 2 is 1.93 bits per heavy atom. The van der Waals surface area contributed by atoms with Gasteiger partial charge in [0, 0.05) is 17.0 Å². The molecule has 1 unspecified atom stereocenters. The summed E-state index contributed by atoms with van der Waals surface area (Å²) in [6.07, 6.45) is -4.45. The molecular weight excluding hydrogens is 397 g/mol. The minimum Gasteiger partial charge on any atom is -0.492 e. The van der Waals surface area contributed by atoms with Crippen LogP contribution >= 0.6 is 11.8 Å². The van der Waals surface area contributed by atoms with Gasteiger partial charge in [0.25, 0.3) is 5.69 Å². The van der Waals surface area contributed by atoms with Gasteiger partial charge in [-0.15, -0.1) is 11.8 Å². The Hall–Kier alpha value is -2.75. The standard InChI is InChI=1S/C18H17F3N2O4S/c1-12(28-16-7-5-14(6-8-16)23(25)26)17(24)22-9-10-27-15-4-2-3-13(11-15)18(19,20)21/h2-8,11-12H,9-10H2,1H3,(H,22,24). The summed E-state index contributed by atoms with van der Waals surface area (Å²) in [6.45, 7) is 1.82. The first-order valence-corrected chi connectivity index (χ1v) is 9.03. The average Bonchev–Trinajstić information content (AvgIpc) is 2.65. The second-order valence-corrected chi connectivity index (χ2v) is 7.09. The third kappa shape index (κ3) is 6.45. The maximum atomic E-state index is 12.6. The van der Waals surface area contributed by atoms with Gasteiger partial charge in [0.1, 0.15) is 12.4 Å². The number of nitro benzene ring substituents is 1. The second-order valence-electron chi connectivity index (χ2n) is 5.68. The van der Waals surface area contributed by atoms with Crippen LogP contribution in [0.25, 0.3) is 0 Å². The molecule has 1 atom stereocenters. The molecule has 2 aromatic carbocycles. The number of non-ortho nitro benzene ring substituents is 1. The maximum Gasteiger partial charge on any atom is 0.416 e. The Morgan fingerprint density at radius 1 is 1.25 bits per heavy atom. The van der Waals surface area contributed by atoms with E-state index >= 15 is 0 Å². The van der Waals surface area contributed by atoms with Crippen LogP contribution in [0, 0.1) is 10.1 Å². The van der Waals surface area contributed by atoms with E-state index in [2.05, 4.69) is 5.32 Å². The summed E-state index contributed by atoms with van der Waals surface area (Å²) in [5, 5.41) is 12.8. The molecule has 0 saturated carbocycles. The van der Waals surface area contributed by atoms with E-state index in [4.69, 9.17) is 4.74 Å². The fourth-order valence-electron chi connectivity index (χ4n) is 2.15. The lowest BCUT2D eigenvalue weighted by Gasteiger charge is -2.13. The number of nitro groups is 1. The molecule has 0 aliphatic carbocycles. The van der Waals surface area contributed by atoms with Gasteiger partial charge >= 0.3 is 6.18 Å². The zero-order valence-electron chi connectivity index (χ0n) is 14.7. The van der Waals surface area contributed by atoms with Crippen molar-refractivity contribution in [3.63, 3.8) is 0 Å². The molecular formula is C18H17F3N2O4S. The first-order chi connectivity index (χ1) is 13.2. The smallest absolute Gasteiger partial charge is 0.416 e. The van der Waals surface area contributed by atoms with Crippen molar-refractivity contribution < 1.29 is 27.6 Å². The predicted octanol–water partition coefficient (Wildman–Crippen LogP) is 4.29. The van der Waals surface area contributed by atoms with Crippen LogP contribution in [0.1, 0.15) is 12.5 Å². The normalized spacial score (nSPS) is 12.3. The van der Waals surface area contributed by atoms with Gasteiger partial charge in [-0.25, -0.2) is 0 Å². The zero-order chi connectivity index (χ0) is 20.7. The summed E-state index contributed by atoms with van der Waals surface area (Å²) in [5.74, 6) is -0.214. The summed E-state index contributed by atoms with van der Waals surface area (Å²) < 4.78 is 43.2. The molecule has 0 radical (unpaired) electrons. The minimum atomic E-state index is -4.45. The van der Waals surface area contributed by atoms with Crippen molar-refractivity contribution in [2.75, 3.05) is 13.2 Å². The average molecular weight is 414 g/mol. The third-order valence-corrected chi connectivity index (χ3v) is 4.67. The number of amides is 1. The molecule has 6 nitrogen and oxygen atoms in total. The van der Waals surface area contributed by atoms with Crippen LogP contribution in [-0.4, -0.2) is 29.2 Å². The van der Waals surface area contributed by atoms with Gasteiger partial charge in [-0.3, -0.25) is 14.9 Å². The highest BCUT2D eigenvalue weighted by molar-refractivity contribution is 8.00. The molecule has 0 heterocycles. The molecule has 0 aliphatic rings. The second kappa shape index (κ2) is 9.45. The van der Waals surface area contributed by atoms with Gasteiger partial charge in [-0.2, -0.15) is 13.2 Å². The number of carbonyl (C=O) groups excluding carboxylic acids is 1. The van der Waals surface area contributed by atoms with Crippen molar-refractivity contribution >= 4 is 23.4 Å². The van der Waals surface area contributed by atoms with E-state index in [1.165, 1.54) is 36.0 Å². The van der Waals surface area contributed by atoms with Crippen molar-refractivity contribution in [2.24, 2.45) is 0 Å². The largest absolute Gasteiger partial charge is 0.492 e. The lowest BCUT2D eigenvalue weighted by molar-refractivity contribution is -0.384. The molecule has 1 N–H and O–H groups in total. The minimum absolute atomic E-state index is 0.0158. The van der Waals surface area contributed by atoms with Gasteiger partial charge in [-0.05, 0) is 37.3 Å². The Labute approximate surface area is 163 Å². The number of hydrogen-bond acceptors (Lipinski definition) is 5. The Balaban J connectivity index is 1.77. The van der Waals surface area contributed by atoms with Crippen molar-refractivity contribution in [1.29, 1.82) is 0 Å². The van der Waals surface area contributed by atoms with E-state index in [1.54, 1.807) is 19.1 Å². The number of ether oxygens (including phenoxy) is 1. The van der Waals surface area contributed by atoms with Gasteiger partial charge in [0.2, 0.25) is 5.91 Å². The Kier molecular flexibility index (Phi) is 7.27. The Morgan fingerprint density at radius 3 is 2.54 bits per heavy atom. The lowest BCUT2D eigenvalue weighted by atomic mass is 10.2. The van der Waals surface area contributed by atoms with Crippen molar-refractivity contribution in [2.45, 2.75) is 23.2 Å². The monoisotopic (exact) mass is 414 g/mol. The Bertz CT molecular complexity index is 828. The van der Waals surface area contributed by atoms with Crippen LogP contribution in [0.4, 0.5) is 18.9 Å². The quantitative estimate of drug-likeness (QED) is 0.302. The van der Waals surface area contributed by atoms with E-state index in [0.717, 1.165) is 12.1 Å². The molecule has 0 saturated heterocycles. The van der Waals surface area contributed by atoms with Gasteiger partial charge < -0.3 is 10.1 Å². The van der Waals surface area contributed by atoms with Gasteiger partial charge in [-0.1, -0.05) is 6.07 Å². The zero-order valence-corrected chi connectivity index (χ0v) is 15.5. The maximum absolute atomic E-state index is 12.6. The van der Waals surface area contributed by atoms with Crippen LogP contribution in [0.5, 0.6) is 5.75 Å². The highest BCUT2D eigenvalue weighted by atomic mass is 32.2. The number of nitrogens with one attached hydrogen (secondary N) is 1. The van der Waals surface area contributed by atoms with Crippen LogP contribution in [0.15, 0.2) is 53.4 Å². The summed E-state index contributed by atoms with van der Waals surface area (Å²) >= 11 is 1.23. The lowest BCUT2D eigenvalue weighted by Crippen LogP contribution is -2.33. The van der Waals surface area contributed by atoms with Crippen LogP contribution in [0.2, 0.25) is 0 Å². The molecule has 0 bridgehead atoms. The van der Waals surface area contributed by atoms with Crippen LogP contribution in [-0.2, 0) is 11.0 Å². The number of hydrogen-bond donors (Lipinski definition) is 1. The van der Waals surface area contributed by atoms with E-state index in [9.17, 15) is 28.1 Å². The summed E-state index contributed by atoms with van der Waals surface area (Å²) in [4.78, 5) is 22.9. The first kappa shape index (κ1) is 21.5. The van der Waals surface area contributed by atoms with Crippen molar-refractivity contribution in [3.8, 4) is 5.75 Å². The fraction of sp³-hybridized carbons (Fsp3) is 0.278. The molecule has 0 spiro atoms. The molecule has 1 amide bonds. The molecule has 2 aromatic rings. The SMILES string of the molecule is CC(Sc1ccc([N+](=O)[O-])cc1)C(=O)NCCOc1cccc(C(F)(F)F)c1. The number of alkyl halides is 3. The molecule has 0 aliphatic heterocycles. The van der Waals surface area contributed by atoms with E-state index in [-0.39, 0.29) is 30.5 Å². The van der Waals surface area contributed by atoms with E-state index in [1.807, 2.05) is 0 Å². The van der Waals surface area contributed by atoms with Crippen LogP contribution in [0.3, 0.4) is 0 Å². The number of carbonyl (C=O) groups is 1. The molecule has 0 aromatic heterocycles. The third-order valence-electron chi connectivity index (χ3n) is 3.56. The van der Waals surface area contributed by atoms with E-state index in [0.29, 0.717) is 4.90 Å². The van der Waals surface area contributed by atoms with Gasteiger partial charge in [0.05, 0.1) is 22.3 Å². The molecule has 150 valence electrons. The molecule has 0 fully saturated rings. The molecule has 10 heteroatoms. The van der Waals surface area contributed by atoms with Crippen LogP contribution < -0.4 is 10.1 Å². The van der Waals surface area contributed by atoms with Crippen molar-refractivity contribution in [1.82, 2.24) is 5.32 Å². The highest BCUT2D eigenvalue weighted by Gasteiger charge is 2.30. The first-order valence-electron chi connectivity index (χ1n) is 8.15. The molecule has 28 heavy (non-hydrogen) atoms. The van der Waals surface area contributed by atoms with E-state index < -0.39 is 21.9 Å². The number of thioether (sulfide) groups is 1. The number of halogens is 3. The highest BCUT2D eigenvalue weighted by Crippen LogP contribution is 2.31. The van der Waals surface area contributed by atoms with Gasteiger partial charge in [0.15, 0.2) is 0 Å². The number of nitrogens with zero attached hydrogens (tertiary/aromatic N) is 1. The number of rotatable bonds is 8.